The molecule has 0 spiro atoms. The van der Waals surface area contributed by atoms with Crippen molar-refractivity contribution < 1.29 is 19.5 Å². The van der Waals surface area contributed by atoms with E-state index in [1.54, 1.807) is 9.80 Å². The molecule has 1 saturated heterocycles. The molecule has 0 saturated carbocycles. The van der Waals surface area contributed by atoms with Gasteiger partial charge in [0.05, 0.1) is 0 Å². The van der Waals surface area contributed by atoms with Crippen LogP contribution in [-0.2, 0) is 14.4 Å². The summed E-state index contributed by atoms with van der Waals surface area (Å²) in [5.41, 5.74) is 0.0387. The SMILES string of the molecule is CC(=O)N1CCN(C(=O)/C(C#N)=C\NCCCCCC(=O)O)CC1. The van der Waals surface area contributed by atoms with Gasteiger partial charge in [-0.3, -0.25) is 14.4 Å². The van der Waals surface area contributed by atoms with Crippen molar-refractivity contribution in [1.29, 1.82) is 5.26 Å². The molecule has 1 rings (SSSR count). The molecule has 0 aromatic carbocycles. The predicted octanol–water partition coefficient (Wildman–Crippen LogP) is 0.319. The summed E-state index contributed by atoms with van der Waals surface area (Å²) in [6.45, 7) is 3.89. The Balaban J connectivity index is 2.34. The third kappa shape index (κ3) is 6.69. The number of hydrogen-bond acceptors (Lipinski definition) is 5. The monoisotopic (exact) mass is 336 g/mol. The average molecular weight is 336 g/mol. The molecule has 8 nitrogen and oxygen atoms in total. The van der Waals surface area contributed by atoms with Crippen LogP contribution in [0.3, 0.4) is 0 Å². The zero-order valence-electron chi connectivity index (χ0n) is 14.0. The van der Waals surface area contributed by atoms with E-state index in [1.807, 2.05) is 6.07 Å². The zero-order valence-corrected chi connectivity index (χ0v) is 14.0. The van der Waals surface area contributed by atoms with Crippen LogP contribution in [0.2, 0.25) is 0 Å². The van der Waals surface area contributed by atoms with E-state index in [0.717, 1.165) is 12.8 Å². The molecule has 1 fully saturated rings. The number of nitriles is 1. The highest BCUT2D eigenvalue weighted by atomic mass is 16.4. The molecule has 0 radical (unpaired) electrons. The Kier molecular flexibility index (Phi) is 8.33. The highest BCUT2D eigenvalue weighted by Crippen LogP contribution is 2.07. The molecule has 2 amide bonds. The number of carboxylic acids is 1. The average Bonchev–Trinajstić information content (AvgIpc) is 2.56. The van der Waals surface area contributed by atoms with Crippen LogP contribution < -0.4 is 5.32 Å². The quantitative estimate of drug-likeness (QED) is 0.375. The normalized spacial score (nSPS) is 14.9. The van der Waals surface area contributed by atoms with Gasteiger partial charge >= 0.3 is 5.97 Å². The van der Waals surface area contributed by atoms with Crippen molar-refractivity contribution in [3.63, 3.8) is 0 Å². The van der Waals surface area contributed by atoms with Crippen LogP contribution in [0.15, 0.2) is 11.8 Å². The number of nitrogens with one attached hydrogen (secondary N) is 1. The number of carbonyl (C=O) groups excluding carboxylic acids is 2. The summed E-state index contributed by atoms with van der Waals surface area (Å²) >= 11 is 0. The van der Waals surface area contributed by atoms with Gasteiger partial charge < -0.3 is 20.2 Å². The van der Waals surface area contributed by atoms with Crippen molar-refractivity contribution in [3.05, 3.63) is 11.8 Å². The molecule has 1 aliphatic heterocycles. The molecule has 2 N–H and O–H groups in total. The smallest absolute Gasteiger partial charge is 0.303 e. The van der Waals surface area contributed by atoms with E-state index in [4.69, 9.17) is 10.4 Å². The lowest BCUT2D eigenvalue weighted by molar-refractivity contribution is -0.137. The molecule has 24 heavy (non-hydrogen) atoms. The molecule has 0 aromatic heterocycles. The van der Waals surface area contributed by atoms with E-state index < -0.39 is 5.97 Å². The van der Waals surface area contributed by atoms with Gasteiger partial charge in [-0.1, -0.05) is 6.42 Å². The van der Waals surface area contributed by atoms with Crippen molar-refractivity contribution in [2.24, 2.45) is 0 Å². The minimum Gasteiger partial charge on any atom is -0.481 e. The lowest BCUT2D eigenvalue weighted by Crippen LogP contribution is -2.50. The number of hydrogen-bond donors (Lipinski definition) is 2. The first kappa shape index (κ1) is 19.5. The molecule has 0 unspecified atom stereocenters. The fourth-order valence-electron chi connectivity index (χ4n) is 2.39. The fraction of sp³-hybridized carbons (Fsp3) is 0.625. The van der Waals surface area contributed by atoms with Gasteiger partial charge in [0, 0.05) is 52.3 Å². The van der Waals surface area contributed by atoms with Crippen LogP contribution in [0.5, 0.6) is 0 Å². The second-order valence-corrected chi connectivity index (χ2v) is 5.63. The second kappa shape index (κ2) is 10.3. The summed E-state index contributed by atoms with van der Waals surface area (Å²) < 4.78 is 0. The van der Waals surface area contributed by atoms with E-state index in [1.165, 1.54) is 13.1 Å². The molecule has 0 atom stereocenters. The summed E-state index contributed by atoms with van der Waals surface area (Å²) in [6, 6.07) is 1.90. The van der Waals surface area contributed by atoms with Crippen molar-refractivity contribution in [2.75, 3.05) is 32.7 Å². The maximum Gasteiger partial charge on any atom is 0.303 e. The zero-order chi connectivity index (χ0) is 17.9. The minimum atomic E-state index is -0.801. The first-order chi connectivity index (χ1) is 11.5. The first-order valence-electron chi connectivity index (χ1n) is 8.06. The molecule has 8 heteroatoms. The number of unbranched alkanes of at least 4 members (excludes halogenated alkanes) is 2. The fourth-order valence-corrected chi connectivity index (χ4v) is 2.39. The Morgan fingerprint density at radius 2 is 1.75 bits per heavy atom. The van der Waals surface area contributed by atoms with E-state index in [9.17, 15) is 14.4 Å². The number of rotatable bonds is 8. The molecule has 0 bridgehead atoms. The first-order valence-corrected chi connectivity index (χ1v) is 8.06. The van der Waals surface area contributed by atoms with Crippen molar-refractivity contribution in [2.45, 2.75) is 32.6 Å². The topological polar surface area (TPSA) is 114 Å². The van der Waals surface area contributed by atoms with Gasteiger partial charge in [0.15, 0.2) is 0 Å². The Morgan fingerprint density at radius 1 is 1.12 bits per heavy atom. The molecule has 0 aromatic rings. The lowest BCUT2D eigenvalue weighted by Gasteiger charge is -2.34. The van der Waals surface area contributed by atoms with Gasteiger partial charge in [0.2, 0.25) is 5.91 Å². The van der Waals surface area contributed by atoms with Crippen LogP contribution in [0.1, 0.15) is 32.6 Å². The number of carboxylic acid groups (broad SMARTS) is 1. The summed E-state index contributed by atoms with van der Waals surface area (Å²) in [5, 5.41) is 20.6. The van der Waals surface area contributed by atoms with E-state index in [2.05, 4.69) is 5.32 Å². The molecule has 1 heterocycles. The van der Waals surface area contributed by atoms with Crippen LogP contribution in [0.25, 0.3) is 0 Å². The highest BCUT2D eigenvalue weighted by molar-refractivity contribution is 5.97. The van der Waals surface area contributed by atoms with Crippen LogP contribution in [0, 0.1) is 11.3 Å². The van der Waals surface area contributed by atoms with Gasteiger partial charge in [-0.25, -0.2) is 0 Å². The van der Waals surface area contributed by atoms with Crippen LogP contribution in [0.4, 0.5) is 0 Å². The Hall–Kier alpha value is -2.56. The highest BCUT2D eigenvalue weighted by Gasteiger charge is 2.24. The predicted molar refractivity (Wildman–Crippen MR) is 86.6 cm³/mol. The van der Waals surface area contributed by atoms with Gasteiger partial charge in [-0.2, -0.15) is 5.26 Å². The van der Waals surface area contributed by atoms with E-state index in [0.29, 0.717) is 39.1 Å². The number of nitrogens with zero attached hydrogens (tertiary/aromatic N) is 3. The number of piperazine rings is 1. The molecule has 1 aliphatic rings. The third-order valence-corrected chi connectivity index (χ3v) is 3.82. The van der Waals surface area contributed by atoms with Crippen molar-refractivity contribution in [1.82, 2.24) is 15.1 Å². The molecular weight excluding hydrogens is 312 g/mol. The summed E-state index contributed by atoms with van der Waals surface area (Å²) in [7, 11) is 0. The summed E-state index contributed by atoms with van der Waals surface area (Å²) in [4.78, 5) is 37.2. The summed E-state index contributed by atoms with van der Waals surface area (Å²) in [6.07, 6.45) is 3.73. The number of aliphatic carboxylic acids is 1. The maximum absolute atomic E-state index is 12.3. The Morgan fingerprint density at radius 3 is 2.29 bits per heavy atom. The van der Waals surface area contributed by atoms with Gasteiger partial charge in [-0.15, -0.1) is 0 Å². The molecule has 132 valence electrons. The van der Waals surface area contributed by atoms with E-state index >= 15 is 0 Å². The van der Waals surface area contributed by atoms with Gasteiger partial charge in [0.1, 0.15) is 11.6 Å². The largest absolute Gasteiger partial charge is 0.481 e. The van der Waals surface area contributed by atoms with Crippen LogP contribution in [-0.4, -0.2) is 65.4 Å². The van der Waals surface area contributed by atoms with Crippen molar-refractivity contribution >= 4 is 17.8 Å². The Labute approximate surface area is 141 Å². The number of amides is 2. The minimum absolute atomic E-state index is 0.0114. The maximum atomic E-state index is 12.3. The second-order valence-electron chi connectivity index (χ2n) is 5.63. The van der Waals surface area contributed by atoms with Crippen LogP contribution >= 0.6 is 0 Å². The van der Waals surface area contributed by atoms with Crippen molar-refractivity contribution in [3.8, 4) is 6.07 Å². The number of carbonyl (C=O) groups is 3. The lowest BCUT2D eigenvalue weighted by atomic mass is 10.2. The standard InChI is InChI=1S/C16H24N4O4/c1-13(21)19-7-9-20(10-8-19)16(24)14(11-17)12-18-6-4-2-3-5-15(22)23/h12,18H,2-10H2,1H3,(H,22,23)/b14-12-. The molecular formula is C16H24N4O4. The summed E-state index contributed by atoms with van der Waals surface area (Å²) in [5.74, 6) is -1.15. The third-order valence-electron chi connectivity index (χ3n) is 3.82. The Bertz CT molecular complexity index is 531. The molecule has 0 aliphatic carbocycles. The van der Waals surface area contributed by atoms with E-state index in [-0.39, 0.29) is 23.8 Å². The van der Waals surface area contributed by atoms with Gasteiger partial charge in [-0.05, 0) is 12.8 Å². The van der Waals surface area contributed by atoms with Gasteiger partial charge in [0.25, 0.3) is 5.91 Å².